The number of nitrogens with one attached hydrogen (secondary N) is 1. The Morgan fingerprint density at radius 1 is 1.30 bits per heavy atom. The number of nitrogens with zero attached hydrogens (tertiary/aromatic N) is 3. The number of piperidine rings is 1. The molecule has 0 aromatic carbocycles. The second-order valence-electron chi connectivity index (χ2n) is 7.47. The van der Waals surface area contributed by atoms with Gasteiger partial charge < -0.3 is 9.64 Å². The fourth-order valence-electron chi connectivity index (χ4n) is 2.99. The molecule has 0 bridgehead atoms. The van der Waals surface area contributed by atoms with Gasteiger partial charge in [-0.3, -0.25) is 5.10 Å². The molecule has 1 saturated heterocycles. The molecule has 2 rings (SSSR count). The van der Waals surface area contributed by atoms with E-state index in [-0.39, 0.29) is 6.09 Å². The van der Waals surface area contributed by atoms with Crippen LogP contribution < -0.4 is 0 Å². The maximum Gasteiger partial charge on any atom is 0.410 e. The van der Waals surface area contributed by atoms with Crippen molar-refractivity contribution in [3.8, 4) is 0 Å². The average molecular weight is 322 g/mol. The van der Waals surface area contributed by atoms with E-state index < -0.39 is 5.60 Å². The zero-order valence-electron chi connectivity index (χ0n) is 14.7. The Morgan fingerprint density at radius 2 is 2.04 bits per heavy atom. The molecule has 0 saturated carbocycles. The summed E-state index contributed by atoms with van der Waals surface area (Å²) in [5.41, 5.74) is 0.647. The third-order valence-electron chi connectivity index (χ3n) is 4.28. The summed E-state index contributed by atoms with van der Waals surface area (Å²) < 4.78 is 5.43. The molecule has 1 aliphatic rings. The quantitative estimate of drug-likeness (QED) is 0.813. The van der Waals surface area contributed by atoms with Gasteiger partial charge in [0.1, 0.15) is 5.60 Å². The maximum atomic E-state index is 12.0. The van der Waals surface area contributed by atoms with Crippen molar-refractivity contribution in [1.29, 1.82) is 0 Å². The molecule has 130 valence electrons. The van der Waals surface area contributed by atoms with Crippen molar-refractivity contribution >= 4 is 6.09 Å². The molecule has 6 nitrogen and oxygen atoms in total. The van der Waals surface area contributed by atoms with Crippen molar-refractivity contribution in [3.63, 3.8) is 0 Å². The molecule has 1 aromatic heterocycles. The molecule has 1 fully saturated rings. The van der Waals surface area contributed by atoms with E-state index in [1.54, 1.807) is 0 Å². The van der Waals surface area contributed by atoms with Gasteiger partial charge in [0.05, 0.1) is 5.69 Å². The lowest BCUT2D eigenvalue weighted by molar-refractivity contribution is 0.0180. The Hall–Kier alpha value is -1.59. The van der Waals surface area contributed by atoms with Crippen LogP contribution in [0.2, 0.25) is 0 Å². The van der Waals surface area contributed by atoms with Gasteiger partial charge in [-0.05, 0) is 52.4 Å². The van der Waals surface area contributed by atoms with Crippen LogP contribution in [0.25, 0.3) is 0 Å². The van der Waals surface area contributed by atoms with Gasteiger partial charge in [0.15, 0.2) is 0 Å². The van der Waals surface area contributed by atoms with Crippen LogP contribution in [0.3, 0.4) is 0 Å². The minimum Gasteiger partial charge on any atom is -0.444 e. The van der Waals surface area contributed by atoms with Crippen molar-refractivity contribution in [1.82, 2.24) is 20.3 Å². The molecule has 1 amide bonds. The fraction of sp³-hybridized carbons (Fsp3) is 0.824. The molecule has 2 heterocycles. The van der Waals surface area contributed by atoms with Crippen molar-refractivity contribution in [2.75, 3.05) is 13.1 Å². The lowest BCUT2D eigenvalue weighted by Crippen LogP contribution is -2.41. The van der Waals surface area contributed by atoms with Gasteiger partial charge in [0.2, 0.25) is 0 Å². The fourth-order valence-corrected chi connectivity index (χ4v) is 2.99. The lowest BCUT2D eigenvalue weighted by atomic mass is 9.91. The number of amides is 1. The number of aromatic amines is 1. The zero-order chi connectivity index (χ0) is 16.7. The van der Waals surface area contributed by atoms with Crippen molar-refractivity contribution in [2.45, 2.75) is 71.3 Å². The first-order valence-corrected chi connectivity index (χ1v) is 8.77. The minimum absolute atomic E-state index is 0.163. The largest absolute Gasteiger partial charge is 0.444 e. The number of aromatic nitrogens is 3. The van der Waals surface area contributed by atoms with Crippen molar-refractivity contribution in [3.05, 3.63) is 11.9 Å². The van der Waals surface area contributed by atoms with E-state index in [0.717, 1.165) is 44.0 Å². The number of unbranched alkanes of at least 4 members (excludes halogenated alkanes) is 2. The second kappa shape index (κ2) is 8.31. The third-order valence-corrected chi connectivity index (χ3v) is 4.28. The number of H-pyrrole nitrogens is 1. The van der Waals surface area contributed by atoms with Gasteiger partial charge in [-0.15, -0.1) is 5.10 Å². The molecule has 6 heteroatoms. The van der Waals surface area contributed by atoms with Gasteiger partial charge in [-0.1, -0.05) is 24.5 Å². The first-order chi connectivity index (χ1) is 10.9. The third kappa shape index (κ3) is 6.59. The predicted octanol–water partition coefficient (Wildman–Crippen LogP) is 3.55. The standard InChI is InChI=1S/C17H30N4O2/c1-17(2,3)23-16(22)21-11-9-14(10-12-21)7-5-4-6-8-15-13-18-20-19-15/h13-14H,4-12H2,1-3H3,(H,18,19,20). The number of hydrogen-bond donors (Lipinski definition) is 1. The summed E-state index contributed by atoms with van der Waals surface area (Å²) >= 11 is 0. The number of hydrogen-bond acceptors (Lipinski definition) is 4. The van der Waals surface area contributed by atoms with E-state index >= 15 is 0 Å². The van der Waals surface area contributed by atoms with Crippen LogP contribution in [0.1, 0.15) is 65.0 Å². The van der Waals surface area contributed by atoms with E-state index in [1.165, 1.54) is 25.7 Å². The van der Waals surface area contributed by atoms with Crippen LogP contribution >= 0.6 is 0 Å². The van der Waals surface area contributed by atoms with E-state index in [1.807, 2.05) is 31.9 Å². The number of carbonyl (C=O) groups excluding carboxylic acids is 1. The second-order valence-corrected chi connectivity index (χ2v) is 7.47. The van der Waals surface area contributed by atoms with Crippen LogP contribution in [0.5, 0.6) is 0 Å². The Bertz CT molecular complexity index is 459. The van der Waals surface area contributed by atoms with E-state index in [4.69, 9.17) is 4.74 Å². The van der Waals surface area contributed by atoms with Crippen molar-refractivity contribution < 1.29 is 9.53 Å². The van der Waals surface area contributed by atoms with Gasteiger partial charge in [0, 0.05) is 19.3 Å². The normalized spacial score (nSPS) is 16.6. The number of likely N-dealkylation sites (tertiary alicyclic amines) is 1. The van der Waals surface area contributed by atoms with Gasteiger partial charge in [-0.2, -0.15) is 0 Å². The summed E-state index contributed by atoms with van der Waals surface area (Å²) in [5.74, 6) is 0.751. The van der Waals surface area contributed by atoms with E-state index in [2.05, 4.69) is 15.4 Å². The molecule has 1 N–H and O–H groups in total. The molecule has 0 spiro atoms. The van der Waals surface area contributed by atoms with Gasteiger partial charge in [-0.25, -0.2) is 4.79 Å². The molecule has 23 heavy (non-hydrogen) atoms. The van der Waals surface area contributed by atoms with Gasteiger partial charge in [0.25, 0.3) is 0 Å². The highest BCUT2D eigenvalue weighted by molar-refractivity contribution is 5.68. The average Bonchev–Trinajstić information content (AvgIpc) is 2.99. The van der Waals surface area contributed by atoms with E-state index in [9.17, 15) is 4.79 Å². The number of ether oxygens (including phenoxy) is 1. The molecule has 0 atom stereocenters. The maximum absolute atomic E-state index is 12.0. The number of carbonyl (C=O) groups is 1. The minimum atomic E-state index is -0.405. The first kappa shape index (κ1) is 17.8. The molecule has 1 aromatic rings. The Labute approximate surface area is 139 Å². The molecular weight excluding hydrogens is 292 g/mol. The molecule has 1 aliphatic heterocycles. The number of aryl methyl sites for hydroxylation is 1. The van der Waals surface area contributed by atoms with Crippen LogP contribution in [-0.2, 0) is 11.2 Å². The topological polar surface area (TPSA) is 71.1 Å². The highest BCUT2D eigenvalue weighted by atomic mass is 16.6. The molecule has 0 aliphatic carbocycles. The molecule has 0 unspecified atom stereocenters. The summed E-state index contributed by atoms with van der Waals surface area (Å²) in [6, 6.07) is 0. The SMILES string of the molecule is CC(C)(C)OC(=O)N1CCC(CCCCCc2c[nH]nn2)CC1. The van der Waals surface area contributed by atoms with Crippen LogP contribution in [0, 0.1) is 5.92 Å². The predicted molar refractivity (Wildman–Crippen MR) is 89.1 cm³/mol. The summed E-state index contributed by atoms with van der Waals surface area (Å²) in [6.45, 7) is 7.40. The van der Waals surface area contributed by atoms with E-state index in [0.29, 0.717) is 0 Å². The molecular formula is C17H30N4O2. The Kier molecular flexibility index (Phi) is 6.42. The lowest BCUT2D eigenvalue weighted by Gasteiger charge is -2.33. The van der Waals surface area contributed by atoms with Crippen LogP contribution in [0.4, 0.5) is 4.79 Å². The smallest absolute Gasteiger partial charge is 0.410 e. The van der Waals surface area contributed by atoms with Crippen LogP contribution in [-0.4, -0.2) is 45.1 Å². The summed E-state index contributed by atoms with van der Waals surface area (Å²) in [5, 5.41) is 10.5. The zero-order valence-corrected chi connectivity index (χ0v) is 14.7. The summed E-state index contributed by atoms with van der Waals surface area (Å²) in [6.07, 6.45) is 9.84. The van der Waals surface area contributed by atoms with Crippen molar-refractivity contribution in [2.24, 2.45) is 5.92 Å². The summed E-state index contributed by atoms with van der Waals surface area (Å²) in [7, 11) is 0. The van der Waals surface area contributed by atoms with Gasteiger partial charge >= 0.3 is 6.09 Å². The first-order valence-electron chi connectivity index (χ1n) is 8.77. The summed E-state index contributed by atoms with van der Waals surface area (Å²) in [4.78, 5) is 13.9. The highest BCUT2D eigenvalue weighted by Gasteiger charge is 2.26. The monoisotopic (exact) mass is 322 g/mol. The van der Waals surface area contributed by atoms with Crippen LogP contribution in [0.15, 0.2) is 6.20 Å². The Balaban J connectivity index is 1.55. The Morgan fingerprint density at radius 3 is 2.65 bits per heavy atom. The highest BCUT2D eigenvalue weighted by Crippen LogP contribution is 2.24. The number of rotatable bonds is 6. The molecule has 0 radical (unpaired) electrons.